The first-order chi connectivity index (χ1) is 8.13. The molecular formula is C10H11N3O4. The zero-order valence-corrected chi connectivity index (χ0v) is 9.08. The lowest BCUT2D eigenvalue weighted by molar-refractivity contribution is -0.143. The number of aromatic nitrogens is 1. The molecule has 0 radical (unpaired) electrons. The SMILES string of the molecule is COC(=O)CN1C(=O)c2ccncc2NC1O. The summed E-state index contributed by atoms with van der Waals surface area (Å²) in [4.78, 5) is 27.9. The lowest BCUT2D eigenvalue weighted by atomic mass is 10.1. The predicted molar refractivity (Wildman–Crippen MR) is 56.9 cm³/mol. The normalized spacial score (nSPS) is 18.4. The number of aliphatic hydroxyl groups excluding tert-OH is 1. The van der Waals surface area contributed by atoms with Gasteiger partial charge >= 0.3 is 5.97 Å². The van der Waals surface area contributed by atoms with Crippen LogP contribution < -0.4 is 5.32 Å². The van der Waals surface area contributed by atoms with E-state index in [1.54, 1.807) is 0 Å². The Kier molecular flexibility index (Phi) is 2.92. The van der Waals surface area contributed by atoms with E-state index in [2.05, 4.69) is 15.0 Å². The van der Waals surface area contributed by atoms with Crippen LogP contribution in [0.3, 0.4) is 0 Å². The van der Waals surface area contributed by atoms with Crippen molar-refractivity contribution in [2.75, 3.05) is 19.0 Å². The van der Waals surface area contributed by atoms with Crippen LogP contribution in [0, 0.1) is 0 Å². The van der Waals surface area contributed by atoms with Crippen molar-refractivity contribution in [3.8, 4) is 0 Å². The van der Waals surface area contributed by atoms with Gasteiger partial charge in [0.2, 0.25) is 6.35 Å². The number of amides is 1. The van der Waals surface area contributed by atoms with Crippen LogP contribution in [0.5, 0.6) is 0 Å². The highest BCUT2D eigenvalue weighted by Gasteiger charge is 2.32. The third-order valence-electron chi connectivity index (χ3n) is 2.42. The summed E-state index contributed by atoms with van der Waals surface area (Å²) in [7, 11) is 1.22. The monoisotopic (exact) mass is 237 g/mol. The maximum absolute atomic E-state index is 12.0. The quantitative estimate of drug-likeness (QED) is 0.667. The molecule has 1 atom stereocenters. The van der Waals surface area contributed by atoms with E-state index in [0.29, 0.717) is 11.3 Å². The van der Waals surface area contributed by atoms with E-state index in [0.717, 1.165) is 4.90 Å². The Balaban J connectivity index is 2.27. The molecule has 2 N–H and O–H groups in total. The molecule has 2 heterocycles. The fraction of sp³-hybridized carbons (Fsp3) is 0.300. The number of hydrogen-bond acceptors (Lipinski definition) is 6. The molecule has 1 aromatic rings. The topological polar surface area (TPSA) is 91.8 Å². The smallest absolute Gasteiger partial charge is 0.325 e. The Labute approximate surface area is 97.0 Å². The third kappa shape index (κ3) is 2.04. The summed E-state index contributed by atoms with van der Waals surface area (Å²) >= 11 is 0. The van der Waals surface area contributed by atoms with E-state index in [9.17, 15) is 14.7 Å². The van der Waals surface area contributed by atoms with Gasteiger partial charge in [-0.15, -0.1) is 0 Å². The summed E-state index contributed by atoms with van der Waals surface area (Å²) in [5, 5.41) is 12.3. The Morgan fingerprint density at radius 2 is 2.47 bits per heavy atom. The lowest BCUT2D eigenvalue weighted by Gasteiger charge is -2.33. The van der Waals surface area contributed by atoms with Crippen LogP contribution in [0.1, 0.15) is 10.4 Å². The Bertz CT molecular complexity index is 463. The van der Waals surface area contributed by atoms with Crippen LogP contribution in [0.4, 0.5) is 5.69 Å². The molecule has 0 saturated carbocycles. The summed E-state index contributed by atoms with van der Waals surface area (Å²) in [5.74, 6) is -1.05. The fourth-order valence-corrected chi connectivity index (χ4v) is 1.54. The molecule has 17 heavy (non-hydrogen) atoms. The number of anilines is 1. The summed E-state index contributed by atoms with van der Waals surface area (Å²) in [6.45, 7) is -0.314. The number of carbonyl (C=O) groups excluding carboxylic acids is 2. The van der Waals surface area contributed by atoms with Crippen LogP contribution >= 0.6 is 0 Å². The second-order valence-corrected chi connectivity index (χ2v) is 3.45. The average Bonchev–Trinajstić information content (AvgIpc) is 2.34. The highest BCUT2D eigenvalue weighted by atomic mass is 16.5. The molecule has 0 saturated heterocycles. The predicted octanol–water partition coefficient (Wildman–Crippen LogP) is -0.602. The molecular weight excluding hydrogens is 226 g/mol. The van der Waals surface area contributed by atoms with Gasteiger partial charge in [0.25, 0.3) is 5.91 Å². The van der Waals surface area contributed by atoms with Gasteiger partial charge in [-0.1, -0.05) is 0 Å². The average molecular weight is 237 g/mol. The minimum absolute atomic E-state index is 0.314. The highest BCUT2D eigenvalue weighted by molar-refractivity contribution is 6.02. The Hall–Kier alpha value is -2.15. The molecule has 1 unspecified atom stereocenters. The molecule has 1 aromatic heterocycles. The van der Waals surface area contributed by atoms with Gasteiger partial charge in [-0.3, -0.25) is 19.5 Å². The van der Waals surface area contributed by atoms with Crippen LogP contribution in [0.25, 0.3) is 0 Å². The molecule has 90 valence electrons. The van der Waals surface area contributed by atoms with E-state index >= 15 is 0 Å². The molecule has 1 aliphatic heterocycles. The number of methoxy groups -OCH3 is 1. The first kappa shape index (κ1) is 11.3. The van der Waals surface area contributed by atoms with Crippen molar-refractivity contribution < 1.29 is 19.4 Å². The van der Waals surface area contributed by atoms with Crippen LogP contribution in [0.15, 0.2) is 18.5 Å². The number of esters is 1. The number of pyridine rings is 1. The Morgan fingerprint density at radius 1 is 1.71 bits per heavy atom. The standard InChI is InChI=1S/C10H11N3O4/c1-17-8(14)5-13-9(15)6-2-3-11-4-7(6)12-10(13)16/h2-4,10,12,16H,5H2,1H3. The van der Waals surface area contributed by atoms with Crippen LogP contribution in [0.2, 0.25) is 0 Å². The molecule has 0 fully saturated rings. The maximum Gasteiger partial charge on any atom is 0.325 e. The second kappa shape index (κ2) is 4.38. The highest BCUT2D eigenvalue weighted by Crippen LogP contribution is 2.22. The van der Waals surface area contributed by atoms with Gasteiger partial charge in [0, 0.05) is 6.20 Å². The van der Waals surface area contributed by atoms with Gasteiger partial charge in [-0.2, -0.15) is 0 Å². The van der Waals surface area contributed by atoms with Gasteiger partial charge in [0.1, 0.15) is 6.54 Å². The first-order valence-electron chi connectivity index (χ1n) is 4.90. The fourth-order valence-electron chi connectivity index (χ4n) is 1.54. The zero-order chi connectivity index (χ0) is 12.4. The van der Waals surface area contributed by atoms with Crippen molar-refractivity contribution in [2.24, 2.45) is 0 Å². The van der Waals surface area contributed by atoms with Crippen molar-refractivity contribution in [2.45, 2.75) is 6.35 Å². The molecule has 7 nitrogen and oxygen atoms in total. The van der Waals surface area contributed by atoms with Gasteiger partial charge in [0.05, 0.1) is 24.6 Å². The summed E-state index contributed by atoms with van der Waals surface area (Å²) in [5.41, 5.74) is 0.792. The van der Waals surface area contributed by atoms with Crippen LogP contribution in [-0.4, -0.2) is 46.9 Å². The number of aliphatic hydroxyl groups is 1. The first-order valence-corrected chi connectivity index (χ1v) is 4.90. The summed E-state index contributed by atoms with van der Waals surface area (Å²) in [6.07, 6.45) is 1.64. The van der Waals surface area contributed by atoms with Crippen molar-refractivity contribution in [1.29, 1.82) is 0 Å². The molecule has 0 bridgehead atoms. The number of rotatable bonds is 2. The van der Waals surface area contributed by atoms with E-state index in [-0.39, 0.29) is 6.54 Å². The van der Waals surface area contributed by atoms with E-state index in [1.165, 1.54) is 25.6 Å². The van der Waals surface area contributed by atoms with Crippen LogP contribution in [-0.2, 0) is 9.53 Å². The van der Waals surface area contributed by atoms with Crippen molar-refractivity contribution in [3.05, 3.63) is 24.0 Å². The van der Waals surface area contributed by atoms with Gasteiger partial charge < -0.3 is 15.2 Å². The zero-order valence-electron chi connectivity index (χ0n) is 9.08. The van der Waals surface area contributed by atoms with Crippen molar-refractivity contribution in [3.63, 3.8) is 0 Å². The van der Waals surface area contributed by atoms with Crippen molar-refractivity contribution in [1.82, 2.24) is 9.88 Å². The molecule has 1 aliphatic rings. The largest absolute Gasteiger partial charge is 0.468 e. The van der Waals surface area contributed by atoms with Crippen molar-refractivity contribution >= 4 is 17.6 Å². The number of fused-ring (bicyclic) bond motifs is 1. The molecule has 2 rings (SSSR count). The number of carbonyl (C=O) groups is 2. The third-order valence-corrected chi connectivity index (χ3v) is 2.42. The molecule has 0 aromatic carbocycles. The number of ether oxygens (including phenoxy) is 1. The van der Waals surface area contributed by atoms with Gasteiger partial charge in [-0.25, -0.2) is 0 Å². The second-order valence-electron chi connectivity index (χ2n) is 3.45. The summed E-state index contributed by atoms with van der Waals surface area (Å²) in [6, 6.07) is 1.51. The lowest BCUT2D eigenvalue weighted by Crippen LogP contribution is -2.50. The minimum Gasteiger partial charge on any atom is -0.468 e. The van der Waals surface area contributed by atoms with Gasteiger partial charge in [0.15, 0.2) is 0 Å². The number of nitrogens with one attached hydrogen (secondary N) is 1. The van der Waals surface area contributed by atoms with Gasteiger partial charge in [-0.05, 0) is 6.07 Å². The maximum atomic E-state index is 12.0. The molecule has 0 aliphatic carbocycles. The minimum atomic E-state index is -1.27. The number of hydrogen-bond donors (Lipinski definition) is 2. The molecule has 0 spiro atoms. The van der Waals surface area contributed by atoms with E-state index < -0.39 is 18.2 Å². The van der Waals surface area contributed by atoms with E-state index in [1.807, 2.05) is 0 Å². The summed E-state index contributed by atoms with van der Waals surface area (Å²) < 4.78 is 4.45. The molecule has 7 heteroatoms. The van der Waals surface area contributed by atoms with E-state index in [4.69, 9.17) is 0 Å². The number of nitrogens with zero attached hydrogens (tertiary/aromatic N) is 2. The Morgan fingerprint density at radius 3 is 3.18 bits per heavy atom. The molecule has 1 amide bonds.